The summed E-state index contributed by atoms with van der Waals surface area (Å²) in [4.78, 5) is 24.2. The normalized spacial score (nSPS) is 10.4. The van der Waals surface area contributed by atoms with Gasteiger partial charge in [-0.2, -0.15) is 5.10 Å². The molecule has 0 radical (unpaired) electrons. The molecule has 3 rings (SSSR count). The summed E-state index contributed by atoms with van der Waals surface area (Å²) in [6.45, 7) is 0.358. The predicted molar refractivity (Wildman–Crippen MR) is 104 cm³/mol. The summed E-state index contributed by atoms with van der Waals surface area (Å²) in [5.74, 6) is 0.532. The maximum atomic E-state index is 12.2. The van der Waals surface area contributed by atoms with Crippen LogP contribution in [0.25, 0.3) is 11.3 Å². The second kappa shape index (κ2) is 8.80. The predicted octanol–water partition coefficient (Wildman–Crippen LogP) is 2.28. The van der Waals surface area contributed by atoms with Gasteiger partial charge in [-0.1, -0.05) is 42.5 Å². The van der Waals surface area contributed by atoms with Crippen LogP contribution in [0.2, 0.25) is 0 Å². The number of ether oxygens (including phenoxy) is 1. The van der Waals surface area contributed by atoms with E-state index in [1.807, 2.05) is 54.6 Å². The van der Waals surface area contributed by atoms with Gasteiger partial charge in [-0.3, -0.25) is 9.59 Å². The van der Waals surface area contributed by atoms with Gasteiger partial charge in [0.15, 0.2) is 0 Å². The highest BCUT2D eigenvalue weighted by atomic mass is 16.5. The Morgan fingerprint density at radius 3 is 2.67 bits per heavy atom. The van der Waals surface area contributed by atoms with E-state index in [-0.39, 0.29) is 18.0 Å². The van der Waals surface area contributed by atoms with Gasteiger partial charge < -0.3 is 10.1 Å². The Morgan fingerprint density at radius 1 is 1.07 bits per heavy atom. The van der Waals surface area contributed by atoms with Crippen molar-refractivity contribution in [1.29, 1.82) is 0 Å². The summed E-state index contributed by atoms with van der Waals surface area (Å²) >= 11 is 0. The van der Waals surface area contributed by atoms with Gasteiger partial charge in [-0.15, -0.1) is 0 Å². The van der Waals surface area contributed by atoms with E-state index in [1.54, 1.807) is 13.2 Å². The summed E-state index contributed by atoms with van der Waals surface area (Å²) < 4.78 is 6.37. The van der Waals surface area contributed by atoms with Crippen LogP contribution in [0.15, 0.2) is 71.5 Å². The van der Waals surface area contributed by atoms with Gasteiger partial charge in [0.2, 0.25) is 5.91 Å². The first-order valence-corrected chi connectivity index (χ1v) is 8.69. The molecule has 6 heteroatoms. The van der Waals surface area contributed by atoms with Crippen LogP contribution >= 0.6 is 0 Å². The molecule has 3 aromatic rings. The first-order valence-electron chi connectivity index (χ1n) is 8.69. The molecular formula is C21H21N3O3. The first-order chi connectivity index (χ1) is 13.2. The fourth-order valence-corrected chi connectivity index (χ4v) is 2.69. The Morgan fingerprint density at radius 2 is 1.89 bits per heavy atom. The molecule has 0 bridgehead atoms. The minimum absolute atomic E-state index is 0.113. The fraction of sp³-hybridized carbons (Fsp3) is 0.190. The topological polar surface area (TPSA) is 73.2 Å². The van der Waals surface area contributed by atoms with Crippen molar-refractivity contribution in [2.24, 2.45) is 0 Å². The van der Waals surface area contributed by atoms with E-state index >= 15 is 0 Å². The van der Waals surface area contributed by atoms with Crippen molar-refractivity contribution in [1.82, 2.24) is 15.1 Å². The van der Waals surface area contributed by atoms with Crippen molar-refractivity contribution in [2.45, 2.75) is 13.0 Å². The molecule has 0 spiro atoms. The molecular weight excluding hydrogens is 342 g/mol. The van der Waals surface area contributed by atoms with Gasteiger partial charge in [-0.25, -0.2) is 4.68 Å². The molecule has 0 saturated heterocycles. The molecule has 0 fully saturated rings. The SMILES string of the molecule is COc1cccc(CCNC(=O)Cn2nc(-c3ccccc3)ccc2=O)c1. The number of rotatable bonds is 7. The number of benzene rings is 2. The Balaban J connectivity index is 1.59. The molecule has 2 aromatic carbocycles. The quantitative estimate of drug-likeness (QED) is 0.699. The number of nitrogens with one attached hydrogen (secondary N) is 1. The lowest BCUT2D eigenvalue weighted by atomic mass is 10.1. The van der Waals surface area contributed by atoms with Crippen LogP contribution in [-0.4, -0.2) is 29.3 Å². The van der Waals surface area contributed by atoms with E-state index in [0.29, 0.717) is 18.7 Å². The van der Waals surface area contributed by atoms with Crippen molar-refractivity contribution < 1.29 is 9.53 Å². The molecule has 6 nitrogen and oxygen atoms in total. The smallest absolute Gasteiger partial charge is 0.267 e. The standard InChI is InChI=1S/C21H21N3O3/c1-27-18-9-5-6-16(14-18)12-13-22-20(25)15-24-21(26)11-10-19(23-24)17-7-3-2-4-8-17/h2-11,14H,12-13,15H2,1H3,(H,22,25). The van der Waals surface area contributed by atoms with Crippen LogP contribution in [-0.2, 0) is 17.8 Å². The van der Waals surface area contributed by atoms with Crippen LogP contribution in [0.5, 0.6) is 5.75 Å². The van der Waals surface area contributed by atoms with Crippen LogP contribution in [0.1, 0.15) is 5.56 Å². The molecule has 27 heavy (non-hydrogen) atoms. The van der Waals surface area contributed by atoms with E-state index in [2.05, 4.69) is 10.4 Å². The molecule has 0 aliphatic rings. The van der Waals surface area contributed by atoms with Crippen molar-refractivity contribution in [2.75, 3.05) is 13.7 Å². The van der Waals surface area contributed by atoms with E-state index in [1.165, 1.54) is 10.7 Å². The average Bonchev–Trinajstić information content (AvgIpc) is 2.70. The highest BCUT2D eigenvalue weighted by Crippen LogP contribution is 2.14. The lowest BCUT2D eigenvalue weighted by molar-refractivity contribution is -0.121. The highest BCUT2D eigenvalue weighted by Gasteiger charge is 2.08. The number of hydrogen-bond donors (Lipinski definition) is 1. The molecule has 138 valence electrons. The Bertz CT molecular complexity index is 968. The van der Waals surface area contributed by atoms with Gasteiger partial charge >= 0.3 is 0 Å². The lowest BCUT2D eigenvalue weighted by Gasteiger charge is -2.09. The van der Waals surface area contributed by atoms with Crippen LogP contribution in [0, 0.1) is 0 Å². The fourth-order valence-electron chi connectivity index (χ4n) is 2.69. The number of hydrogen-bond acceptors (Lipinski definition) is 4. The maximum Gasteiger partial charge on any atom is 0.267 e. The van der Waals surface area contributed by atoms with Crippen LogP contribution in [0.3, 0.4) is 0 Å². The molecule has 0 saturated carbocycles. The first kappa shape index (κ1) is 18.4. The molecule has 0 unspecified atom stereocenters. The van der Waals surface area contributed by atoms with Crippen molar-refractivity contribution in [3.05, 3.63) is 82.6 Å². The van der Waals surface area contributed by atoms with Gasteiger partial charge in [0.1, 0.15) is 12.3 Å². The third-order valence-corrected chi connectivity index (χ3v) is 4.10. The van der Waals surface area contributed by atoms with E-state index < -0.39 is 0 Å². The van der Waals surface area contributed by atoms with E-state index in [9.17, 15) is 9.59 Å². The molecule has 0 aliphatic heterocycles. The van der Waals surface area contributed by atoms with Gasteiger partial charge in [0.05, 0.1) is 12.8 Å². The van der Waals surface area contributed by atoms with Gasteiger partial charge in [0.25, 0.3) is 5.56 Å². The minimum Gasteiger partial charge on any atom is -0.497 e. The number of carbonyl (C=O) groups is 1. The minimum atomic E-state index is -0.308. The van der Waals surface area contributed by atoms with Crippen molar-refractivity contribution in [3.8, 4) is 17.0 Å². The van der Waals surface area contributed by atoms with Gasteiger partial charge in [-0.05, 0) is 30.2 Å². The molecule has 0 aliphatic carbocycles. The number of amides is 1. The van der Waals surface area contributed by atoms with Gasteiger partial charge in [0, 0.05) is 18.2 Å². The molecule has 1 amide bonds. The van der Waals surface area contributed by atoms with E-state index in [4.69, 9.17) is 4.74 Å². The van der Waals surface area contributed by atoms with Crippen LogP contribution < -0.4 is 15.6 Å². The second-order valence-electron chi connectivity index (χ2n) is 6.03. The lowest BCUT2D eigenvalue weighted by Crippen LogP contribution is -2.34. The molecule has 1 N–H and O–H groups in total. The summed E-state index contributed by atoms with van der Waals surface area (Å²) in [6.07, 6.45) is 0.676. The zero-order chi connectivity index (χ0) is 19.1. The number of carbonyl (C=O) groups excluding carboxylic acids is 1. The number of aromatic nitrogens is 2. The molecule has 0 atom stereocenters. The van der Waals surface area contributed by atoms with Crippen LogP contribution in [0.4, 0.5) is 0 Å². The highest BCUT2D eigenvalue weighted by molar-refractivity contribution is 5.75. The molecule has 1 aromatic heterocycles. The monoisotopic (exact) mass is 363 g/mol. The van der Waals surface area contributed by atoms with E-state index in [0.717, 1.165) is 16.9 Å². The average molecular weight is 363 g/mol. The Labute approximate surface area is 157 Å². The largest absolute Gasteiger partial charge is 0.497 e. The summed E-state index contributed by atoms with van der Waals surface area (Å²) in [6, 6.07) is 20.3. The van der Waals surface area contributed by atoms with Crippen molar-refractivity contribution >= 4 is 5.91 Å². The summed E-state index contributed by atoms with van der Waals surface area (Å²) in [7, 11) is 1.62. The number of methoxy groups -OCH3 is 1. The molecule has 1 heterocycles. The summed E-state index contributed by atoms with van der Waals surface area (Å²) in [5.41, 5.74) is 2.30. The zero-order valence-corrected chi connectivity index (χ0v) is 15.1. The second-order valence-corrected chi connectivity index (χ2v) is 6.03. The third kappa shape index (κ3) is 5.04. The maximum absolute atomic E-state index is 12.2. The third-order valence-electron chi connectivity index (χ3n) is 4.10. The zero-order valence-electron chi connectivity index (χ0n) is 15.1. The Hall–Kier alpha value is -3.41. The Kier molecular flexibility index (Phi) is 5.99. The van der Waals surface area contributed by atoms with Crippen molar-refractivity contribution in [3.63, 3.8) is 0 Å². The number of nitrogens with zero attached hydrogens (tertiary/aromatic N) is 2. The summed E-state index contributed by atoms with van der Waals surface area (Å²) in [5, 5.41) is 7.12.